The lowest BCUT2D eigenvalue weighted by atomic mass is 9.73. The van der Waals surface area contributed by atoms with Gasteiger partial charge in [0.25, 0.3) is 0 Å². The summed E-state index contributed by atoms with van der Waals surface area (Å²) in [7, 11) is 0. The molecule has 2 N–H and O–H groups in total. The summed E-state index contributed by atoms with van der Waals surface area (Å²) in [5.74, 6) is 1.34. The summed E-state index contributed by atoms with van der Waals surface area (Å²) in [5, 5.41) is 0. The summed E-state index contributed by atoms with van der Waals surface area (Å²) in [4.78, 5) is 4.66. The minimum atomic E-state index is 0.0181. The summed E-state index contributed by atoms with van der Waals surface area (Å²) >= 11 is 0. The molecule has 98 valence electrons. The molecular weight excluding hydrogens is 220 g/mol. The first-order valence-corrected chi connectivity index (χ1v) is 7.45. The summed E-state index contributed by atoms with van der Waals surface area (Å²) in [6, 6.07) is 4.30. The maximum atomic E-state index is 6.77. The predicted molar refractivity (Wildman–Crippen MR) is 74.5 cm³/mol. The zero-order valence-electron chi connectivity index (χ0n) is 11.4. The van der Waals surface area contributed by atoms with E-state index in [0.29, 0.717) is 5.92 Å². The molecule has 1 aromatic rings. The van der Waals surface area contributed by atoms with Crippen molar-refractivity contribution in [1.29, 1.82) is 0 Å². The van der Waals surface area contributed by atoms with E-state index < -0.39 is 0 Å². The number of rotatable bonds is 2. The van der Waals surface area contributed by atoms with Crippen LogP contribution < -0.4 is 5.73 Å². The molecule has 2 aliphatic carbocycles. The molecule has 1 aromatic heterocycles. The van der Waals surface area contributed by atoms with Crippen LogP contribution in [-0.2, 0) is 6.42 Å². The van der Waals surface area contributed by atoms with Crippen LogP contribution in [0.25, 0.3) is 0 Å². The average Bonchev–Trinajstić information content (AvgIpc) is 2.81. The van der Waals surface area contributed by atoms with Gasteiger partial charge in [0, 0.05) is 23.3 Å². The van der Waals surface area contributed by atoms with Crippen molar-refractivity contribution in [2.75, 3.05) is 0 Å². The lowest BCUT2D eigenvalue weighted by molar-refractivity contribution is 0.302. The van der Waals surface area contributed by atoms with Crippen molar-refractivity contribution in [3.05, 3.63) is 29.6 Å². The van der Waals surface area contributed by atoms with Gasteiger partial charge < -0.3 is 5.73 Å². The predicted octanol–water partition coefficient (Wildman–Crippen LogP) is 3.41. The van der Waals surface area contributed by atoms with Crippen LogP contribution in [0.15, 0.2) is 18.3 Å². The zero-order valence-corrected chi connectivity index (χ0v) is 11.4. The Bertz CT molecular complexity index is 429. The monoisotopic (exact) mass is 244 g/mol. The molecule has 0 radical (unpaired) electrons. The molecule has 0 amide bonds. The molecule has 3 unspecified atom stereocenters. The van der Waals surface area contributed by atoms with Crippen molar-refractivity contribution in [3.63, 3.8) is 0 Å². The molecule has 0 saturated heterocycles. The number of nitrogens with two attached hydrogens (primary N) is 1. The molecule has 0 bridgehead atoms. The molecule has 18 heavy (non-hydrogen) atoms. The van der Waals surface area contributed by atoms with Crippen molar-refractivity contribution < 1.29 is 0 Å². The Hall–Kier alpha value is -0.890. The largest absolute Gasteiger partial charge is 0.324 e. The Morgan fingerprint density at radius 3 is 3.11 bits per heavy atom. The number of hydrogen-bond donors (Lipinski definition) is 1. The molecule has 0 aromatic carbocycles. The second kappa shape index (κ2) is 4.65. The molecule has 2 aliphatic rings. The van der Waals surface area contributed by atoms with Crippen molar-refractivity contribution in [1.82, 2.24) is 4.98 Å². The maximum Gasteiger partial charge on any atom is 0.0484 e. The van der Waals surface area contributed by atoms with E-state index in [1.165, 1.54) is 56.2 Å². The smallest absolute Gasteiger partial charge is 0.0484 e. The highest BCUT2D eigenvalue weighted by Gasteiger charge is 2.43. The van der Waals surface area contributed by atoms with Crippen molar-refractivity contribution in [2.24, 2.45) is 11.7 Å². The van der Waals surface area contributed by atoms with Gasteiger partial charge >= 0.3 is 0 Å². The Morgan fingerprint density at radius 1 is 1.44 bits per heavy atom. The van der Waals surface area contributed by atoms with E-state index in [1.807, 2.05) is 6.20 Å². The van der Waals surface area contributed by atoms with Gasteiger partial charge in [-0.3, -0.25) is 4.98 Å². The molecule has 3 rings (SSSR count). The number of pyridine rings is 1. The standard InChI is InChI=1S/C16H24N2/c1-2-12-8-9-16(17,11-12)14-7-3-5-13-6-4-10-18-15(13)14/h4,6,10,12,14H,2-3,5,7-9,11,17H2,1H3. The summed E-state index contributed by atoms with van der Waals surface area (Å²) < 4.78 is 0. The third kappa shape index (κ3) is 1.97. The van der Waals surface area contributed by atoms with Gasteiger partial charge in [0.05, 0.1) is 0 Å². The van der Waals surface area contributed by atoms with E-state index in [4.69, 9.17) is 5.73 Å². The van der Waals surface area contributed by atoms with Gasteiger partial charge in [-0.15, -0.1) is 0 Å². The summed E-state index contributed by atoms with van der Waals surface area (Å²) in [6.45, 7) is 2.30. The first-order valence-electron chi connectivity index (χ1n) is 7.45. The van der Waals surface area contributed by atoms with Crippen LogP contribution in [0, 0.1) is 5.92 Å². The molecule has 1 fully saturated rings. The fraction of sp³-hybridized carbons (Fsp3) is 0.688. The molecule has 0 spiro atoms. The van der Waals surface area contributed by atoms with E-state index in [2.05, 4.69) is 24.0 Å². The van der Waals surface area contributed by atoms with Crippen LogP contribution in [0.5, 0.6) is 0 Å². The van der Waals surface area contributed by atoms with Gasteiger partial charge in [0.15, 0.2) is 0 Å². The van der Waals surface area contributed by atoms with Crippen LogP contribution in [0.3, 0.4) is 0 Å². The normalized spacial score (nSPS) is 35.4. The van der Waals surface area contributed by atoms with Gasteiger partial charge in [-0.25, -0.2) is 0 Å². The van der Waals surface area contributed by atoms with Crippen molar-refractivity contribution in [2.45, 2.75) is 63.3 Å². The molecular formula is C16H24N2. The minimum Gasteiger partial charge on any atom is -0.324 e. The van der Waals surface area contributed by atoms with E-state index in [0.717, 1.165) is 5.92 Å². The molecule has 2 heteroatoms. The highest BCUT2D eigenvalue weighted by Crippen LogP contribution is 2.47. The van der Waals surface area contributed by atoms with Gasteiger partial charge in [-0.05, 0) is 56.1 Å². The topological polar surface area (TPSA) is 38.9 Å². The number of hydrogen-bond acceptors (Lipinski definition) is 2. The fourth-order valence-electron chi connectivity index (χ4n) is 4.05. The Balaban J connectivity index is 1.90. The van der Waals surface area contributed by atoms with Crippen LogP contribution in [-0.4, -0.2) is 10.5 Å². The van der Waals surface area contributed by atoms with Gasteiger partial charge in [-0.1, -0.05) is 19.4 Å². The zero-order chi connectivity index (χ0) is 12.6. The summed E-state index contributed by atoms with van der Waals surface area (Å²) in [5.41, 5.74) is 9.54. The van der Waals surface area contributed by atoms with Gasteiger partial charge in [0.1, 0.15) is 0 Å². The molecule has 1 heterocycles. The van der Waals surface area contributed by atoms with Crippen LogP contribution in [0.2, 0.25) is 0 Å². The molecule has 2 nitrogen and oxygen atoms in total. The first kappa shape index (κ1) is 12.2. The Morgan fingerprint density at radius 2 is 2.33 bits per heavy atom. The third-order valence-electron chi connectivity index (χ3n) is 5.15. The second-order valence-corrected chi connectivity index (χ2v) is 6.24. The second-order valence-electron chi connectivity index (χ2n) is 6.24. The van der Waals surface area contributed by atoms with E-state index >= 15 is 0 Å². The van der Waals surface area contributed by atoms with E-state index in [-0.39, 0.29) is 5.54 Å². The lowest BCUT2D eigenvalue weighted by Gasteiger charge is -2.37. The molecule has 1 saturated carbocycles. The highest BCUT2D eigenvalue weighted by atomic mass is 14.8. The molecule has 3 atom stereocenters. The average molecular weight is 244 g/mol. The highest BCUT2D eigenvalue weighted by molar-refractivity contribution is 5.29. The minimum absolute atomic E-state index is 0.0181. The third-order valence-corrected chi connectivity index (χ3v) is 5.15. The van der Waals surface area contributed by atoms with Crippen LogP contribution in [0.4, 0.5) is 0 Å². The van der Waals surface area contributed by atoms with Crippen molar-refractivity contribution >= 4 is 0 Å². The van der Waals surface area contributed by atoms with Gasteiger partial charge in [0.2, 0.25) is 0 Å². The van der Waals surface area contributed by atoms with Gasteiger partial charge in [-0.2, -0.15) is 0 Å². The Kier molecular flexibility index (Phi) is 3.14. The first-order chi connectivity index (χ1) is 8.73. The van der Waals surface area contributed by atoms with E-state index in [1.54, 1.807) is 0 Å². The number of aromatic nitrogens is 1. The Labute approximate surface area is 110 Å². The van der Waals surface area contributed by atoms with Crippen LogP contribution >= 0.6 is 0 Å². The SMILES string of the molecule is CCC1CCC(N)(C2CCCc3cccnc32)C1. The molecule has 0 aliphatic heterocycles. The number of aryl methyl sites for hydroxylation is 1. The number of nitrogens with zero attached hydrogens (tertiary/aromatic N) is 1. The fourth-order valence-corrected chi connectivity index (χ4v) is 4.05. The summed E-state index contributed by atoms with van der Waals surface area (Å²) in [6.07, 6.45) is 10.6. The maximum absolute atomic E-state index is 6.77. The van der Waals surface area contributed by atoms with E-state index in [9.17, 15) is 0 Å². The van der Waals surface area contributed by atoms with Crippen LogP contribution in [0.1, 0.15) is 62.6 Å². The lowest BCUT2D eigenvalue weighted by Crippen LogP contribution is -2.45. The van der Waals surface area contributed by atoms with Crippen molar-refractivity contribution in [3.8, 4) is 0 Å². The number of fused-ring (bicyclic) bond motifs is 1. The quantitative estimate of drug-likeness (QED) is 0.866.